The van der Waals surface area contributed by atoms with Crippen molar-refractivity contribution in [2.45, 2.75) is 25.5 Å². The largest absolute Gasteiger partial charge is 0.356 e. The topological polar surface area (TPSA) is 70.2 Å². The summed E-state index contributed by atoms with van der Waals surface area (Å²) in [5.41, 5.74) is -0.000408. The van der Waals surface area contributed by atoms with E-state index in [2.05, 4.69) is 5.10 Å². The molecule has 19 heavy (non-hydrogen) atoms. The van der Waals surface area contributed by atoms with Crippen molar-refractivity contribution in [3.8, 4) is 0 Å². The lowest BCUT2D eigenvalue weighted by molar-refractivity contribution is -0.383. The first-order chi connectivity index (χ1) is 9.18. The van der Waals surface area contributed by atoms with Gasteiger partial charge in [0.2, 0.25) is 0 Å². The Morgan fingerprint density at radius 3 is 3.00 bits per heavy atom. The van der Waals surface area contributed by atoms with Crippen molar-refractivity contribution in [1.29, 1.82) is 0 Å². The molecule has 0 bridgehead atoms. The van der Waals surface area contributed by atoms with E-state index in [0.717, 1.165) is 31.4 Å². The van der Waals surface area contributed by atoms with Crippen LogP contribution >= 0.6 is 0 Å². The zero-order chi connectivity index (χ0) is 13.4. The van der Waals surface area contributed by atoms with Gasteiger partial charge in [0.1, 0.15) is 16.7 Å². The molecule has 1 saturated heterocycles. The Morgan fingerprint density at radius 2 is 2.32 bits per heavy atom. The fourth-order valence-electron chi connectivity index (χ4n) is 2.40. The molecule has 0 N–H and O–H groups in total. The van der Waals surface area contributed by atoms with Crippen molar-refractivity contribution in [3.05, 3.63) is 34.3 Å². The zero-order valence-corrected chi connectivity index (χ0v) is 10.1. The van der Waals surface area contributed by atoms with E-state index in [1.807, 2.05) is 0 Å². The Bertz CT molecular complexity index is 634. The van der Waals surface area contributed by atoms with Crippen molar-refractivity contribution >= 4 is 16.6 Å². The second kappa shape index (κ2) is 4.58. The molecule has 1 fully saturated rings. The number of benzene rings is 1. The molecule has 1 unspecified atom stereocenters. The van der Waals surface area contributed by atoms with E-state index in [1.54, 1.807) is 0 Å². The first kappa shape index (κ1) is 12.0. The van der Waals surface area contributed by atoms with Crippen LogP contribution in [0.4, 0.5) is 10.1 Å². The molecule has 3 rings (SSSR count). The maximum Gasteiger partial charge on any atom is 0.280 e. The highest BCUT2D eigenvalue weighted by atomic mass is 19.1. The first-order valence-corrected chi connectivity index (χ1v) is 6.10. The molecule has 0 saturated carbocycles. The molecule has 0 aliphatic carbocycles. The van der Waals surface area contributed by atoms with Gasteiger partial charge in [-0.05, 0) is 25.3 Å². The molecule has 100 valence electrons. The number of nitro benzene ring substituents is 1. The molecule has 0 spiro atoms. The Kier molecular flexibility index (Phi) is 2.90. The summed E-state index contributed by atoms with van der Waals surface area (Å²) >= 11 is 0. The van der Waals surface area contributed by atoms with Gasteiger partial charge in [0, 0.05) is 12.7 Å². The van der Waals surface area contributed by atoms with Gasteiger partial charge in [0.25, 0.3) is 5.69 Å². The fraction of sp³-hybridized carbons (Fsp3) is 0.417. The van der Waals surface area contributed by atoms with Gasteiger partial charge in [-0.1, -0.05) is 0 Å². The number of nitro groups is 1. The second-order valence-electron chi connectivity index (χ2n) is 4.50. The van der Waals surface area contributed by atoms with Crippen LogP contribution in [0.15, 0.2) is 18.3 Å². The summed E-state index contributed by atoms with van der Waals surface area (Å²) in [6.45, 7) is 0.600. The van der Waals surface area contributed by atoms with Crippen LogP contribution in [0.5, 0.6) is 0 Å². The van der Waals surface area contributed by atoms with Crippen LogP contribution in [-0.2, 0) is 4.74 Å². The number of aromatic nitrogens is 2. The van der Waals surface area contributed by atoms with E-state index in [-0.39, 0.29) is 22.8 Å². The standard InChI is InChI=1S/C12H12FN3O3/c13-9-4-5-10(16(17)18)8-7-14-15(12(8)9)11-3-1-2-6-19-11/h4-5,7,11H,1-3,6H2. The van der Waals surface area contributed by atoms with Crippen LogP contribution < -0.4 is 0 Å². The van der Waals surface area contributed by atoms with Gasteiger partial charge in [0.05, 0.1) is 11.1 Å². The summed E-state index contributed by atoms with van der Waals surface area (Å²) < 4.78 is 20.9. The lowest BCUT2D eigenvalue weighted by atomic mass is 10.1. The number of non-ortho nitro benzene ring substituents is 1. The number of fused-ring (bicyclic) bond motifs is 1. The van der Waals surface area contributed by atoms with Gasteiger partial charge >= 0.3 is 0 Å². The normalized spacial score (nSPS) is 19.7. The predicted octanol–water partition coefficient (Wildman–Crippen LogP) is 2.78. The molecule has 1 aliphatic heterocycles. The molecule has 1 aliphatic rings. The molecule has 6 nitrogen and oxygen atoms in total. The molecule has 7 heteroatoms. The van der Waals surface area contributed by atoms with E-state index < -0.39 is 10.7 Å². The molecule has 0 radical (unpaired) electrons. The maximum absolute atomic E-state index is 13.9. The minimum Gasteiger partial charge on any atom is -0.356 e. The Hall–Kier alpha value is -2.02. The third kappa shape index (κ3) is 1.95. The summed E-state index contributed by atoms with van der Waals surface area (Å²) in [7, 11) is 0. The SMILES string of the molecule is O=[N+]([O-])c1ccc(F)c2c1cnn2C1CCCCO1. The van der Waals surface area contributed by atoms with Gasteiger partial charge in [0.15, 0.2) is 6.23 Å². The number of halogens is 1. The van der Waals surface area contributed by atoms with E-state index in [9.17, 15) is 14.5 Å². The van der Waals surface area contributed by atoms with Crippen LogP contribution in [0.25, 0.3) is 10.9 Å². The van der Waals surface area contributed by atoms with E-state index in [0.29, 0.717) is 6.61 Å². The summed E-state index contributed by atoms with van der Waals surface area (Å²) in [4.78, 5) is 10.4. The summed E-state index contributed by atoms with van der Waals surface area (Å²) in [6, 6.07) is 2.26. The maximum atomic E-state index is 13.9. The van der Waals surface area contributed by atoms with E-state index >= 15 is 0 Å². The molecule has 1 atom stereocenters. The number of hydrogen-bond acceptors (Lipinski definition) is 4. The smallest absolute Gasteiger partial charge is 0.280 e. The number of ether oxygens (including phenoxy) is 1. The van der Waals surface area contributed by atoms with Gasteiger partial charge in [-0.25, -0.2) is 9.07 Å². The van der Waals surface area contributed by atoms with Crippen LogP contribution in [0.1, 0.15) is 25.5 Å². The monoisotopic (exact) mass is 265 g/mol. The van der Waals surface area contributed by atoms with Crippen LogP contribution in [0, 0.1) is 15.9 Å². The predicted molar refractivity (Wildman–Crippen MR) is 65.2 cm³/mol. The van der Waals surface area contributed by atoms with E-state index in [4.69, 9.17) is 4.74 Å². The zero-order valence-electron chi connectivity index (χ0n) is 10.1. The van der Waals surface area contributed by atoms with Crippen molar-refractivity contribution in [3.63, 3.8) is 0 Å². The molecule has 1 aromatic heterocycles. The number of hydrogen-bond donors (Lipinski definition) is 0. The quantitative estimate of drug-likeness (QED) is 0.618. The molecular weight excluding hydrogens is 253 g/mol. The number of nitrogens with zero attached hydrogens (tertiary/aromatic N) is 3. The van der Waals surface area contributed by atoms with Crippen LogP contribution in [-0.4, -0.2) is 21.3 Å². The lowest BCUT2D eigenvalue weighted by Crippen LogP contribution is -2.19. The highest BCUT2D eigenvalue weighted by molar-refractivity contribution is 5.88. The van der Waals surface area contributed by atoms with Crippen molar-refractivity contribution in [2.75, 3.05) is 6.61 Å². The van der Waals surface area contributed by atoms with Gasteiger partial charge in [-0.15, -0.1) is 0 Å². The van der Waals surface area contributed by atoms with Crippen LogP contribution in [0.3, 0.4) is 0 Å². The Balaban J connectivity index is 2.16. The summed E-state index contributed by atoms with van der Waals surface area (Å²) in [6.07, 6.45) is 3.66. The molecular formula is C12H12FN3O3. The number of rotatable bonds is 2. The van der Waals surface area contributed by atoms with Gasteiger partial charge in [-0.2, -0.15) is 5.10 Å². The van der Waals surface area contributed by atoms with Gasteiger partial charge in [-0.3, -0.25) is 10.1 Å². The first-order valence-electron chi connectivity index (χ1n) is 6.10. The highest BCUT2D eigenvalue weighted by Crippen LogP contribution is 2.31. The molecule has 0 amide bonds. The lowest BCUT2D eigenvalue weighted by Gasteiger charge is -2.23. The van der Waals surface area contributed by atoms with Gasteiger partial charge < -0.3 is 4.74 Å². The minimum atomic E-state index is -0.532. The highest BCUT2D eigenvalue weighted by Gasteiger charge is 2.24. The summed E-state index contributed by atoms with van der Waals surface area (Å²) in [5.74, 6) is -0.521. The average molecular weight is 265 g/mol. The Morgan fingerprint density at radius 1 is 1.47 bits per heavy atom. The second-order valence-corrected chi connectivity index (χ2v) is 4.50. The average Bonchev–Trinajstić information content (AvgIpc) is 2.85. The van der Waals surface area contributed by atoms with Crippen molar-refractivity contribution in [2.24, 2.45) is 0 Å². The Labute approximate surface area is 107 Å². The fourth-order valence-corrected chi connectivity index (χ4v) is 2.40. The minimum absolute atomic E-state index is 0.140. The van der Waals surface area contributed by atoms with E-state index in [1.165, 1.54) is 10.9 Å². The third-order valence-electron chi connectivity index (χ3n) is 3.31. The third-order valence-corrected chi connectivity index (χ3v) is 3.31. The molecule has 1 aromatic carbocycles. The van der Waals surface area contributed by atoms with Crippen molar-refractivity contribution in [1.82, 2.24) is 9.78 Å². The molecule has 2 aromatic rings. The summed E-state index contributed by atoms with van der Waals surface area (Å²) in [5, 5.41) is 15.2. The molecule has 2 heterocycles. The van der Waals surface area contributed by atoms with Crippen LogP contribution in [0.2, 0.25) is 0 Å². The van der Waals surface area contributed by atoms with Crippen molar-refractivity contribution < 1.29 is 14.1 Å².